The van der Waals surface area contributed by atoms with Crippen molar-refractivity contribution in [1.29, 1.82) is 0 Å². The molecule has 1 nitrogen and oxygen atoms in total. The first-order valence-corrected chi connectivity index (χ1v) is 12.2. The zero-order chi connectivity index (χ0) is 34.1. The average Bonchev–Trinajstić information content (AvgIpc) is 2.92. The number of hydrogen-bond acceptors (Lipinski definition) is 1. The zero-order valence-electron chi connectivity index (χ0n) is 23.3. The highest BCUT2D eigenvalue weighted by Gasteiger charge is 2.54. The van der Waals surface area contributed by atoms with E-state index in [4.69, 9.17) is 0 Å². The van der Waals surface area contributed by atoms with Crippen LogP contribution in [-0.4, -0.2) is 24.0 Å². The Kier molecular flexibility index (Phi) is 9.25. The van der Waals surface area contributed by atoms with Crippen LogP contribution in [0.2, 0.25) is 5.31 Å². The summed E-state index contributed by atoms with van der Waals surface area (Å²) >= 11 is 0. The largest absolute Gasteiger partial charge is 0.366 e. The van der Waals surface area contributed by atoms with Crippen molar-refractivity contribution in [3.8, 4) is 0 Å². The SMILES string of the molecule is CC(C)(C)B(c1c(F)c(F)c(F)c(F)c1F)N(B(c1c(F)c(F)c(F)c(F)c1F)c1c(F)c(F)c(F)c(F)c1F)C(C)(C)C. The molecule has 0 N–H and O–H groups in total. The lowest BCUT2D eigenvalue weighted by Gasteiger charge is -2.49. The molecule has 0 aliphatic heterocycles. The van der Waals surface area contributed by atoms with Crippen molar-refractivity contribution in [3.63, 3.8) is 0 Å². The predicted molar refractivity (Wildman–Crippen MR) is 130 cm³/mol. The van der Waals surface area contributed by atoms with Gasteiger partial charge in [-0.3, -0.25) is 0 Å². The topological polar surface area (TPSA) is 3.24 Å². The molecular weight excluding hydrogens is 633 g/mol. The number of halogens is 15. The third kappa shape index (κ3) is 5.42. The Bertz CT molecular complexity index is 1510. The van der Waals surface area contributed by atoms with Crippen LogP contribution in [-0.2, 0) is 0 Å². The maximum atomic E-state index is 15.4. The van der Waals surface area contributed by atoms with Gasteiger partial charge < -0.3 is 4.72 Å². The lowest BCUT2D eigenvalue weighted by atomic mass is 9.30. The van der Waals surface area contributed by atoms with Crippen molar-refractivity contribution in [2.45, 2.75) is 52.4 Å². The monoisotopic (exact) mass is 651 g/mol. The van der Waals surface area contributed by atoms with E-state index in [0.29, 0.717) is 0 Å². The minimum atomic E-state index is -3.37. The highest BCUT2D eigenvalue weighted by Crippen LogP contribution is 2.36. The second kappa shape index (κ2) is 11.6. The maximum Gasteiger partial charge on any atom is 0.295 e. The van der Waals surface area contributed by atoms with Gasteiger partial charge in [-0.15, -0.1) is 0 Å². The van der Waals surface area contributed by atoms with E-state index in [1.807, 2.05) is 0 Å². The summed E-state index contributed by atoms with van der Waals surface area (Å²) in [6, 6.07) is 0. The summed E-state index contributed by atoms with van der Waals surface area (Å²) < 4.78 is 221. The van der Waals surface area contributed by atoms with E-state index in [-0.39, 0.29) is 4.72 Å². The summed E-state index contributed by atoms with van der Waals surface area (Å²) in [6.07, 6.45) is 0. The van der Waals surface area contributed by atoms with Crippen molar-refractivity contribution in [2.24, 2.45) is 0 Å². The molecule has 3 rings (SSSR count). The van der Waals surface area contributed by atoms with E-state index in [0.717, 1.165) is 41.5 Å². The molecule has 0 aliphatic carbocycles. The van der Waals surface area contributed by atoms with Crippen LogP contribution in [0.3, 0.4) is 0 Å². The first-order valence-electron chi connectivity index (χ1n) is 12.2. The second-order valence-corrected chi connectivity index (χ2v) is 11.7. The second-order valence-electron chi connectivity index (χ2n) is 11.7. The van der Waals surface area contributed by atoms with Gasteiger partial charge in [-0.05, 0) is 31.6 Å². The zero-order valence-corrected chi connectivity index (χ0v) is 23.3. The highest BCUT2D eigenvalue weighted by atomic mass is 19.2. The van der Waals surface area contributed by atoms with E-state index < -0.39 is 128 Å². The van der Waals surface area contributed by atoms with Crippen molar-refractivity contribution in [2.75, 3.05) is 0 Å². The van der Waals surface area contributed by atoms with Gasteiger partial charge in [0.2, 0.25) is 0 Å². The lowest BCUT2D eigenvalue weighted by molar-refractivity contribution is 0.346. The van der Waals surface area contributed by atoms with Gasteiger partial charge in [-0.25, -0.2) is 65.9 Å². The lowest BCUT2D eigenvalue weighted by Crippen LogP contribution is -2.74. The molecule has 0 atom stereocenters. The molecule has 0 aliphatic rings. The first-order chi connectivity index (χ1) is 19.9. The van der Waals surface area contributed by atoms with Crippen LogP contribution in [0, 0.1) is 87.3 Å². The minimum Gasteiger partial charge on any atom is -0.366 e. The molecule has 0 spiro atoms. The van der Waals surface area contributed by atoms with Crippen LogP contribution in [0.1, 0.15) is 41.5 Å². The fraction of sp³-hybridized carbons (Fsp3) is 0.308. The van der Waals surface area contributed by atoms with Crippen molar-refractivity contribution >= 4 is 30.1 Å². The fourth-order valence-corrected chi connectivity index (χ4v) is 4.92. The summed E-state index contributed by atoms with van der Waals surface area (Å²) in [4.78, 5) is 0. The highest BCUT2D eigenvalue weighted by molar-refractivity contribution is 6.93. The normalized spacial score (nSPS) is 12.4. The Labute approximate surface area is 240 Å². The molecule has 0 heterocycles. The summed E-state index contributed by atoms with van der Waals surface area (Å²) in [5.74, 6) is -41.1. The Balaban J connectivity index is 2.76. The molecular formula is C26H18B2F15N. The molecule has 0 saturated heterocycles. The van der Waals surface area contributed by atoms with Crippen molar-refractivity contribution in [3.05, 3.63) is 87.3 Å². The molecule has 3 aromatic carbocycles. The Morgan fingerprint density at radius 3 is 0.750 bits per heavy atom. The van der Waals surface area contributed by atoms with Gasteiger partial charge in [0.1, 0.15) is 0 Å². The van der Waals surface area contributed by atoms with E-state index in [9.17, 15) is 39.5 Å². The van der Waals surface area contributed by atoms with E-state index in [1.165, 1.54) is 0 Å². The minimum absolute atomic E-state index is 0.141. The van der Waals surface area contributed by atoms with Gasteiger partial charge in [0.15, 0.2) is 87.3 Å². The van der Waals surface area contributed by atoms with Crippen LogP contribution >= 0.6 is 0 Å². The number of hydrogen-bond donors (Lipinski definition) is 0. The number of benzene rings is 3. The molecule has 0 bridgehead atoms. The molecule has 0 aromatic heterocycles. The van der Waals surface area contributed by atoms with Crippen LogP contribution in [0.25, 0.3) is 0 Å². The molecule has 18 heteroatoms. The van der Waals surface area contributed by atoms with Crippen molar-refractivity contribution < 1.29 is 65.9 Å². The van der Waals surface area contributed by atoms with E-state index in [2.05, 4.69) is 0 Å². The molecule has 0 amide bonds. The van der Waals surface area contributed by atoms with Gasteiger partial charge in [0, 0.05) is 16.4 Å². The molecule has 0 radical (unpaired) electrons. The quantitative estimate of drug-likeness (QED) is 0.129. The van der Waals surface area contributed by atoms with Crippen LogP contribution in [0.5, 0.6) is 0 Å². The third-order valence-corrected chi connectivity index (χ3v) is 6.70. The molecule has 0 unspecified atom stereocenters. The predicted octanol–water partition coefficient (Wildman–Crippen LogP) is 6.68. The molecule has 0 fully saturated rings. The maximum absolute atomic E-state index is 15.4. The van der Waals surface area contributed by atoms with Gasteiger partial charge >= 0.3 is 0 Å². The third-order valence-electron chi connectivity index (χ3n) is 6.70. The van der Waals surface area contributed by atoms with Crippen LogP contribution < -0.4 is 16.4 Å². The summed E-state index contributed by atoms with van der Waals surface area (Å²) in [5, 5.41) is -1.97. The average molecular weight is 651 g/mol. The standard InChI is InChI=1S/C26H18B2F15N/c1-25(2,3)28(9-14(33)20(39)24(43)21(40)15(9)34)44(26(4,5)6)27(7-10(29)16(35)22(41)17(36)11(7)30)8-12(31)18(37)23(42)19(38)13(8)32/h1-6H3. The Morgan fingerprint density at radius 1 is 0.341 bits per heavy atom. The smallest absolute Gasteiger partial charge is 0.295 e. The Hall–Kier alpha value is -3.30. The summed E-state index contributed by atoms with van der Waals surface area (Å²) in [7, 11) is 0. The molecule has 0 saturated carbocycles. The van der Waals surface area contributed by atoms with Crippen LogP contribution in [0.4, 0.5) is 65.9 Å². The fourth-order valence-electron chi connectivity index (χ4n) is 4.92. The number of nitrogens with zero attached hydrogens (tertiary/aromatic N) is 1. The first kappa shape index (κ1) is 35.2. The van der Waals surface area contributed by atoms with Gasteiger partial charge in [-0.1, -0.05) is 20.8 Å². The van der Waals surface area contributed by atoms with E-state index >= 15 is 26.3 Å². The van der Waals surface area contributed by atoms with Gasteiger partial charge in [0.25, 0.3) is 13.7 Å². The van der Waals surface area contributed by atoms with Crippen LogP contribution in [0.15, 0.2) is 0 Å². The van der Waals surface area contributed by atoms with Crippen molar-refractivity contribution in [1.82, 2.24) is 4.72 Å². The molecule has 238 valence electrons. The summed E-state index contributed by atoms with van der Waals surface area (Å²) in [5.41, 5.74) is -8.50. The molecule has 3 aromatic rings. The van der Waals surface area contributed by atoms with Gasteiger partial charge in [-0.2, -0.15) is 0 Å². The van der Waals surface area contributed by atoms with Gasteiger partial charge in [0.05, 0.1) is 0 Å². The number of rotatable bonds is 5. The Morgan fingerprint density at radius 2 is 0.545 bits per heavy atom. The molecule has 44 heavy (non-hydrogen) atoms. The van der Waals surface area contributed by atoms with E-state index in [1.54, 1.807) is 0 Å². The summed E-state index contributed by atoms with van der Waals surface area (Å²) in [6.45, 7) is -0.118.